The predicted octanol–water partition coefficient (Wildman–Crippen LogP) is 2.44. The molecule has 0 spiro atoms. The minimum Gasteiger partial charge on any atom is -0.493 e. The first kappa shape index (κ1) is 16.7. The number of carbonyl (C=O) groups excluding carboxylic acids is 1. The van der Waals surface area contributed by atoms with Crippen LogP contribution in [-0.2, 0) is 13.1 Å². The summed E-state index contributed by atoms with van der Waals surface area (Å²) in [5, 5.41) is 6.85. The fourth-order valence-corrected chi connectivity index (χ4v) is 2.07. The number of hydrogen-bond acceptors (Lipinski definition) is 4. The van der Waals surface area contributed by atoms with Gasteiger partial charge in [0.2, 0.25) is 0 Å². The molecule has 0 unspecified atom stereocenters. The zero-order chi connectivity index (χ0) is 16.8. The Balaban J connectivity index is 2.07. The summed E-state index contributed by atoms with van der Waals surface area (Å²) in [5.74, 6) is -0.407. The Bertz CT molecular complexity index is 674. The molecule has 0 aliphatic rings. The Morgan fingerprint density at radius 1 is 1.35 bits per heavy atom. The van der Waals surface area contributed by atoms with Crippen LogP contribution in [0.4, 0.5) is 8.78 Å². The number of alkyl halides is 2. The van der Waals surface area contributed by atoms with Crippen molar-refractivity contribution in [3.8, 4) is 11.5 Å². The zero-order valence-corrected chi connectivity index (χ0v) is 12.8. The second-order valence-corrected chi connectivity index (χ2v) is 4.57. The lowest BCUT2D eigenvalue weighted by Gasteiger charge is -2.12. The largest absolute Gasteiger partial charge is 0.493 e. The molecule has 1 aromatic heterocycles. The van der Waals surface area contributed by atoms with Crippen LogP contribution in [-0.4, -0.2) is 29.4 Å². The lowest BCUT2D eigenvalue weighted by atomic mass is 10.2. The molecular weight excluding hydrogens is 308 g/mol. The van der Waals surface area contributed by atoms with E-state index in [1.54, 1.807) is 10.9 Å². The maximum Gasteiger partial charge on any atom is 0.387 e. The third-order valence-corrected chi connectivity index (χ3v) is 3.18. The third kappa shape index (κ3) is 4.18. The van der Waals surface area contributed by atoms with Crippen molar-refractivity contribution in [1.82, 2.24) is 15.1 Å². The quantitative estimate of drug-likeness (QED) is 0.849. The van der Waals surface area contributed by atoms with Crippen molar-refractivity contribution in [2.45, 2.75) is 26.6 Å². The lowest BCUT2D eigenvalue weighted by Crippen LogP contribution is -2.24. The topological polar surface area (TPSA) is 65.4 Å². The van der Waals surface area contributed by atoms with Crippen molar-refractivity contribution in [2.75, 3.05) is 7.11 Å². The molecule has 2 aromatic rings. The Kier molecular flexibility index (Phi) is 5.51. The molecule has 1 N–H and O–H groups in total. The van der Waals surface area contributed by atoms with Crippen molar-refractivity contribution >= 4 is 5.91 Å². The Hall–Kier alpha value is -2.64. The second-order valence-electron chi connectivity index (χ2n) is 4.57. The molecule has 1 aromatic carbocycles. The number of aromatic nitrogens is 2. The molecule has 0 aliphatic carbocycles. The van der Waals surface area contributed by atoms with Gasteiger partial charge in [-0.05, 0) is 31.2 Å². The van der Waals surface area contributed by atoms with Crippen LogP contribution in [0.5, 0.6) is 11.5 Å². The van der Waals surface area contributed by atoms with Gasteiger partial charge in [0.25, 0.3) is 5.91 Å². The number of amides is 1. The third-order valence-electron chi connectivity index (χ3n) is 3.18. The van der Waals surface area contributed by atoms with Gasteiger partial charge >= 0.3 is 6.61 Å². The number of nitrogens with zero attached hydrogens (tertiary/aromatic N) is 2. The van der Waals surface area contributed by atoms with Gasteiger partial charge < -0.3 is 14.8 Å². The molecule has 0 bridgehead atoms. The second kappa shape index (κ2) is 7.57. The summed E-state index contributed by atoms with van der Waals surface area (Å²) < 4.78 is 35.6. The smallest absolute Gasteiger partial charge is 0.387 e. The van der Waals surface area contributed by atoms with Crippen molar-refractivity contribution < 1.29 is 23.0 Å². The monoisotopic (exact) mass is 325 g/mol. The minimum atomic E-state index is -2.96. The van der Waals surface area contributed by atoms with E-state index in [0.29, 0.717) is 13.1 Å². The first-order valence-electron chi connectivity index (χ1n) is 6.97. The minimum absolute atomic E-state index is 0.0663. The molecule has 0 saturated heterocycles. The van der Waals surface area contributed by atoms with E-state index in [9.17, 15) is 13.6 Å². The van der Waals surface area contributed by atoms with Gasteiger partial charge in [0.15, 0.2) is 11.5 Å². The number of rotatable bonds is 7. The Labute approximate surface area is 132 Å². The Morgan fingerprint density at radius 3 is 2.78 bits per heavy atom. The summed E-state index contributed by atoms with van der Waals surface area (Å²) in [6.07, 6.45) is 1.66. The van der Waals surface area contributed by atoms with Crippen molar-refractivity contribution in [2.24, 2.45) is 0 Å². The first-order valence-corrected chi connectivity index (χ1v) is 6.97. The molecule has 0 saturated carbocycles. The molecule has 8 heteroatoms. The molecule has 23 heavy (non-hydrogen) atoms. The number of hydrogen-bond donors (Lipinski definition) is 1. The van der Waals surface area contributed by atoms with E-state index in [-0.39, 0.29) is 23.0 Å². The number of methoxy groups -OCH3 is 1. The van der Waals surface area contributed by atoms with Crippen molar-refractivity contribution in [3.05, 3.63) is 41.7 Å². The highest BCUT2D eigenvalue weighted by molar-refractivity contribution is 5.94. The van der Waals surface area contributed by atoms with Gasteiger partial charge in [0.05, 0.1) is 19.3 Å². The Morgan fingerprint density at radius 2 is 2.13 bits per heavy atom. The van der Waals surface area contributed by atoms with E-state index >= 15 is 0 Å². The standard InChI is InChI=1S/C15H17F2N3O3/c1-3-20-11(6-7-19-20)9-18-14(21)10-4-5-12(23-15(16)17)13(8-10)22-2/h4-8,15H,3,9H2,1-2H3,(H,18,21). The van der Waals surface area contributed by atoms with Crippen LogP contribution in [0.15, 0.2) is 30.5 Å². The number of nitrogens with one attached hydrogen (secondary N) is 1. The molecule has 2 rings (SSSR count). The number of ether oxygens (including phenoxy) is 2. The summed E-state index contributed by atoms with van der Waals surface area (Å²) in [4.78, 5) is 12.2. The molecular formula is C15H17F2N3O3. The summed E-state index contributed by atoms with van der Waals surface area (Å²) in [5.41, 5.74) is 1.15. The van der Waals surface area contributed by atoms with Gasteiger partial charge in [-0.1, -0.05) is 0 Å². The van der Waals surface area contributed by atoms with Gasteiger partial charge in [-0.15, -0.1) is 0 Å². The fraction of sp³-hybridized carbons (Fsp3) is 0.333. The van der Waals surface area contributed by atoms with Crippen molar-refractivity contribution in [3.63, 3.8) is 0 Å². The van der Waals surface area contributed by atoms with E-state index in [1.807, 2.05) is 13.0 Å². The molecule has 0 radical (unpaired) electrons. The average molecular weight is 325 g/mol. The first-order chi connectivity index (χ1) is 11.0. The molecule has 0 aliphatic heterocycles. The lowest BCUT2D eigenvalue weighted by molar-refractivity contribution is -0.0512. The maximum absolute atomic E-state index is 12.3. The van der Waals surface area contributed by atoms with Gasteiger partial charge in [0.1, 0.15) is 0 Å². The van der Waals surface area contributed by atoms with E-state index in [4.69, 9.17) is 4.74 Å². The predicted molar refractivity (Wildman–Crippen MR) is 78.7 cm³/mol. The van der Waals surface area contributed by atoms with Crippen LogP contribution in [0.25, 0.3) is 0 Å². The summed E-state index contributed by atoms with van der Waals surface area (Å²) in [7, 11) is 1.31. The summed E-state index contributed by atoms with van der Waals surface area (Å²) in [6, 6.07) is 5.83. The van der Waals surface area contributed by atoms with Crippen LogP contribution < -0.4 is 14.8 Å². The number of benzene rings is 1. The van der Waals surface area contributed by atoms with Crippen LogP contribution in [0, 0.1) is 0 Å². The highest BCUT2D eigenvalue weighted by Gasteiger charge is 2.14. The molecule has 1 amide bonds. The normalized spacial score (nSPS) is 10.7. The highest BCUT2D eigenvalue weighted by Crippen LogP contribution is 2.29. The molecule has 6 nitrogen and oxygen atoms in total. The molecule has 1 heterocycles. The van der Waals surface area contributed by atoms with Crippen LogP contribution >= 0.6 is 0 Å². The summed E-state index contributed by atoms with van der Waals surface area (Å²) in [6.45, 7) is -0.00106. The van der Waals surface area contributed by atoms with E-state index in [0.717, 1.165) is 5.69 Å². The van der Waals surface area contributed by atoms with Gasteiger partial charge in [-0.3, -0.25) is 9.48 Å². The van der Waals surface area contributed by atoms with Gasteiger partial charge in [-0.25, -0.2) is 0 Å². The molecule has 124 valence electrons. The number of carbonyl (C=O) groups is 1. The van der Waals surface area contributed by atoms with E-state index < -0.39 is 6.61 Å². The number of halogens is 2. The van der Waals surface area contributed by atoms with Crippen LogP contribution in [0.1, 0.15) is 23.0 Å². The van der Waals surface area contributed by atoms with Gasteiger partial charge in [-0.2, -0.15) is 13.9 Å². The SMILES string of the molecule is CCn1nccc1CNC(=O)c1ccc(OC(F)F)c(OC)c1. The average Bonchev–Trinajstić information content (AvgIpc) is 2.99. The van der Waals surface area contributed by atoms with E-state index in [2.05, 4.69) is 15.2 Å². The molecule has 0 fully saturated rings. The van der Waals surface area contributed by atoms with Gasteiger partial charge in [0, 0.05) is 18.3 Å². The summed E-state index contributed by atoms with van der Waals surface area (Å²) >= 11 is 0. The highest BCUT2D eigenvalue weighted by atomic mass is 19.3. The maximum atomic E-state index is 12.3. The molecule has 0 atom stereocenters. The zero-order valence-electron chi connectivity index (χ0n) is 12.8. The van der Waals surface area contributed by atoms with Crippen LogP contribution in [0.3, 0.4) is 0 Å². The van der Waals surface area contributed by atoms with Crippen molar-refractivity contribution in [1.29, 1.82) is 0 Å². The number of aryl methyl sites for hydroxylation is 1. The van der Waals surface area contributed by atoms with E-state index in [1.165, 1.54) is 25.3 Å². The fourth-order valence-electron chi connectivity index (χ4n) is 2.07. The van der Waals surface area contributed by atoms with Crippen LogP contribution in [0.2, 0.25) is 0 Å².